The number of rotatable bonds is 21. The van der Waals surface area contributed by atoms with Crippen LogP contribution in [0.25, 0.3) is 6.08 Å². The van der Waals surface area contributed by atoms with Crippen molar-refractivity contribution in [2.45, 2.75) is 83.1 Å². The van der Waals surface area contributed by atoms with E-state index in [1.807, 2.05) is 50.2 Å². The Morgan fingerprint density at radius 3 is 2.21 bits per heavy atom. The maximum Gasteiger partial charge on any atom is 0.269 e. The summed E-state index contributed by atoms with van der Waals surface area (Å²) >= 11 is 0. The molecule has 4 aromatic carbocycles. The average molecular weight is 915 g/mol. The normalized spacial score (nSPS) is 22.3. The topological polar surface area (TPSA) is 196 Å². The van der Waals surface area contributed by atoms with Crippen molar-refractivity contribution in [3.05, 3.63) is 163 Å². The van der Waals surface area contributed by atoms with Crippen LogP contribution in [0.5, 0.6) is 17.2 Å². The highest BCUT2D eigenvalue weighted by molar-refractivity contribution is 6.03. The van der Waals surface area contributed by atoms with Crippen LogP contribution in [0.3, 0.4) is 0 Å². The van der Waals surface area contributed by atoms with Crippen molar-refractivity contribution in [1.29, 1.82) is 0 Å². The Bertz CT molecular complexity index is 2520. The summed E-state index contributed by atoms with van der Waals surface area (Å²) in [5, 5.41) is 47.4. The summed E-state index contributed by atoms with van der Waals surface area (Å²) in [5.74, 6) is -0.898. The summed E-state index contributed by atoms with van der Waals surface area (Å²) in [5.41, 5.74) is 5.70. The quantitative estimate of drug-likeness (QED) is 0.0265. The molecule has 1 saturated carbocycles. The van der Waals surface area contributed by atoms with Crippen molar-refractivity contribution in [3.8, 4) is 17.2 Å². The lowest BCUT2D eigenvalue weighted by Gasteiger charge is -2.59. The van der Waals surface area contributed by atoms with Crippen LogP contribution in [0, 0.1) is 51.8 Å². The second kappa shape index (κ2) is 21.7. The van der Waals surface area contributed by atoms with Crippen molar-refractivity contribution in [2.24, 2.45) is 22.9 Å². The van der Waals surface area contributed by atoms with E-state index in [1.54, 1.807) is 48.4 Å². The van der Waals surface area contributed by atoms with Gasteiger partial charge in [-0.1, -0.05) is 36.2 Å². The average Bonchev–Trinajstić information content (AvgIpc) is 3.32. The Morgan fingerprint density at radius 2 is 1.55 bits per heavy atom. The van der Waals surface area contributed by atoms with Crippen molar-refractivity contribution in [3.63, 3.8) is 0 Å². The number of hydrogen-bond acceptors (Lipinski definition) is 12. The van der Waals surface area contributed by atoms with Crippen molar-refractivity contribution in [2.75, 3.05) is 26.9 Å². The number of aliphatic hydroxyl groups is 2. The van der Waals surface area contributed by atoms with Crippen LogP contribution in [-0.2, 0) is 21.0 Å². The molecule has 1 amide bonds. The molecule has 0 radical (unpaired) electrons. The third-order valence-corrected chi connectivity index (χ3v) is 13.2. The number of aryl methyl sites for hydroxylation is 2. The van der Waals surface area contributed by atoms with Gasteiger partial charge in [0.2, 0.25) is 11.7 Å². The number of likely N-dealkylation sites (N-methyl/N-ethyl adjacent to an activating group) is 1. The van der Waals surface area contributed by atoms with E-state index >= 15 is 0 Å². The van der Waals surface area contributed by atoms with Gasteiger partial charge in [0.05, 0.1) is 28.1 Å². The number of amides is 1. The van der Waals surface area contributed by atoms with Gasteiger partial charge in [0.25, 0.3) is 11.4 Å². The lowest BCUT2D eigenvalue weighted by Crippen LogP contribution is -2.69. The number of allylic oxidation sites excluding steroid dienone is 1. The number of carbonyl (C=O) groups excluding carboxylic acids is 1. The molecule has 4 aromatic rings. The first kappa shape index (κ1) is 48.3. The van der Waals surface area contributed by atoms with Crippen LogP contribution in [0.4, 0.5) is 11.4 Å². The summed E-state index contributed by atoms with van der Waals surface area (Å²) in [6.07, 6.45) is 11.3. The van der Waals surface area contributed by atoms with Crippen molar-refractivity contribution in [1.82, 2.24) is 4.90 Å². The minimum absolute atomic E-state index is 0.00529. The predicted molar refractivity (Wildman–Crippen MR) is 254 cm³/mol. The molecule has 2 N–H and O–H groups in total. The molecule has 67 heavy (non-hydrogen) atoms. The molecule has 2 aliphatic carbocycles. The molecule has 352 valence electrons. The zero-order chi connectivity index (χ0) is 47.7. The maximum absolute atomic E-state index is 14.5. The van der Waals surface area contributed by atoms with E-state index in [4.69, 9.17) is 24.2 Å². The van der Waals surface area contributed by atoms with Gasteiger partial charge in [0, 0.05) is 68.5 Å². The highest BCUT2D eigenvalue weighted by Crippen LogP contribution is 2.62. The van der Waals surface area contributed by atoms with E-state index in [9.17, 15) is 35.2 Å². The van der Waals surface area contributed by atoms with Crippen LogP contribution >= 0.6 is 0 Å². The number of ether oxygens (including phenoxy) is 3. The second-order valence-corrected chi connectivity index (χ2v) is 17.4. The van der Waals surface area contributed by atoms with Gasteiger partial charge in [-0.3, -0.25) is 25.0 Å². The Kier molecular flexibility index (Phi) is 15.7. The lowest BCUT2D eigenvalue weighted by atomic mass is 9.55. The fraction of sp³-hybridized carbons (Fsp3) is 0.385. The monoisotopic (exact) mass is 914 g/mol. The highest BCUT2D eigenvalue weighted by Gasteiger charge is 2.65. The Labute approximate surface area is 390 Å². The Balaban J connectivity index is 1.38. The molecular formula is C52H58N4O11. The maximum atomic E-state index is 14.5. The van der Waals surface area contributed by atoms with Crippen molar-refractivity contribution >= 4 is 29.1 Å². The second-order valence-electron chi connectivity index (χ2n) is 17.4. The number of fused-ring (bicyclic) bond motifs is 2. The number of unbranched alkanes of at least 4 members (excludes halogenated alkanes) is 2. The summed E-state index contributed by atoms with van der Waals surface area (Å²) in [6.45, 7) is 8.28. The van der Waals surface area contributed by atoms with Gasteiger partial charge in [0.1, 0.15) is 29.9 Å². The SMILES string of the molecule is C=CCO[C@@]12Oc3ccc(Oc4ccc(C)c(C)c4)cc3[C@H]3[C@H](CCCCO)[C@@H](CCCCO)C=C(C(=NOCc4ccc([N+](=O)[O-])cc4)C[C@@H]1N(C)C(=O)C=Cc1ccc([N+](=O)[O-])cc1)[C@H]32. The molecule has 0 unspecified atom stereocenters. The Morgan fingerprint density at radius 1 is 0.896 bits per heavy atom. The molecule has 15 nitrogen and oxygen atoms in total. The van der Waals surface area contributed by atoms with Crippen LogP contribution in [0.15, 0.2) is 120 Å². The summed E-state index contributed by atoms with van der Waals surface area (Å²) in [7, 11) is 1.68. The van der Waals surface area contributed by atoms with Crippen molar-refractivity contribution < 1.29 is 43.9 Å². The third kappa shape index (κ3) is 10.8. The zero-order valence-corrected chi connectivity index (χ0v) is 38.1. The molecular weight excluding hydrogens is 857 g/mol. The number of carbonyl (C=O) groups is 1. The third-order valence-electron chi connectivity index (χ3n) is 13.2. The first-order chi connectivity index (χ1) is 32.4. The molecule has 6 atom stereocenters. The molecule has 3 aliphatic rings. The number of nitrogens with zero attached hydrogens (tertiary/aromatic N) is 4. The summed E-state index contributed by atoms with van der Waals surface area (Å²) in [6, 6.07) is 22.9. The first-order valence-electron chi connectivity index (χ1n) is 22.8. The molecule has 1 heterocycles. The lowest BCUT2D eigenvalue weighted by molar-refractivity contribution is -0.385. The Hall–Kier alpha value is -6.68. The summed E-state index contributed by atoms with van der Waals surface area (Å²) in [4.78, 5) is 43.9. The molecule has 0 saturated heterocycles. The fourth-order valence-corrected chi connectivity index (χ4v) is 9.75. The molecule has 15 heteroatoms. The van der Waals surface area contributed by atoms with E-state index in [-0.39, 0.29) is 67.9 Å². The van der Waals surface area contributed by atoms with Gasteiger partial charge in [-0.2, -0.15) is 0 Å². The number of non-ortho nitro benzene ring substituents is 2. The number of hydrogen-bond donors (Lipinski definition) is 2. The van der Waals surface area contributed by atoms with Gasteiger partial charge in [0.15, 0.2) is 0 Å². The van der Waals surface area contributed by atoms with E-state index in [0.29, 0.717) is 46.9 Å². The fourth-order valence-electron chi connectivity index (χ4n) is 9.75. The van der Waals surface area contributed by atoms with Gasteiger partial charge in [-0.25, -0.2) is 0 Å². The van der Waals surface area contributed by atoms with E-state index in [2.05, 4.69) is 12.7 Å². The number of nitro groups is 2. The smallest absolute Gasteiger partial charge is 0.269 e. The molecule has 1 fully saturated rings. The largest absolute Gasteiger partial charge is 0.459 e. The van der Waals surface area contributed by atoms with Gasteiger partial charge >= 0.3 is 0 Å². The van der Waals surface area contributed by atoms with Crippen LogP contribution in [-0.4, -0.2) is 75.3 Å². The van der Waals surface area contributed by atoms with E-state index in [1.165, 1.54) is 30.3 Å². The predicted octanol–water partition coefficient (Wildman–Crippen LogP) is 9.92. The highest BCUT2D eigenvalue weighted by atomic mass is 16.7. The minimum atomic E-state index is -1.50. The van der Waals surface area contributed by atoms with Gasteiger partial charge < -0.3 is 34.2 Å². The minimum Gasteiger partial charge on any atom is -0.459 e. The van der Waals surface area contributed by atoms with Gasteiger partial charge in [-0.15, -0.1) is 6.58 Å². The van der Waals surface area contributed by atoms with E-state index in [0.717, 1.165) is 47.9 Å². The number of aliphatic hydroxyl groups excluding tert-OH is 2. The number of oxime groups is 1. The first-order valence-corrected chi connectivity index (χ1v) is 22.8. The molecule has 7 rings (SSSR count). The van der Waals surface area contributed by atoms with Crippen LogP contribution in [0.1, 0.15) is 78.7 Å². The van der Waals surface area contributed by atoms with Crippen LogP contribution < -0.4 is 9.47 Å². The van der Waals surface area contributed by atoms with Crippen LogP contribution in [0.2, 0.25) is 0 Å². The molecule has 0 spiro atoms. The standard InChI is InChI=1S/C52H58N4O11/c1-5-28-64-52-48(54(4)49(59)25-17-36-13-18-39(19-14-36)55(60)61)32-46(53-65-33-37-15-20-40(21-16-37)56(62)63)44-30-38(10-6-8-26-57)43(11-7-9-27-58)50(51(44)52)45-31-42(23-24-47(45)67-52)66-41-22-12-34(2)35(3)29-41/h5,12-25,29-31,38,43,48,50-51,57-58H,1,6-11,26-28,32-33H2,2-4H3/t38-,43+,48-,50+,51+,52+/m0/s1. The zero-order valence-electron chi connectivity index (χ0n) is 38.1. The van der Waals surface area contributed by atoms with Gasteiger partial charge in [-0.05, 0) is 140 Å². The summed E-state index contributed by atoms with van der Waals surface area (Å²) < 4.78 is 20.8. The molecule has 0 bridgehead atoms. The number of benzene rings is 4. The number of nitro benzene ring substituents is 2. The molecule has 1 aliphatic heterocycles. The van der Waals surface area contributed by atoms with E-state index < -0.39 is 27.6 Å². The molecule has 0 aromatic heterocycles.